The summed E-state index contributed by atoms with van der Waals surface area (Å²) in [7, 11) is -3.54. The van der Waals surface area contributed by atoms with Crippen molar-refractivity contribution < 1.29 is 13.2 Å². The number of piperazine rings is 1. The van der Waals surface area contributed by atoms with Gasteiger partial charge < -0.3 is 9.80 Å². The molecule has 2 aromatic carbocycles. The van der Waals surface area contributed by atoms with Gasteiger partial charge in [-0.1, -0.05) is 12.1 Å². The van der Waals surface area contributed by atoms with Gasteiger partial charge >= 0.3 is 0 Å². The first-order valence-electron chi connectivity index (χ1n) is 10.6. The fraction of sp³-hybridized carbons (Fsp3) is 0.435. The molecule has 6 nitrogen and oxygen atoms in total. The van der Waals surface area contributed by atoms with E-state index in [0.717, 1.165) is 18.5 Å². The van der Waals surface area contributed by atoms with Gasteiger partial charge in [-0.3, -0.25) is 4.79 Å². The predicted octanol–water partition coefficient (Wildman–Crippen LogP) is 3.33. The normalized spacial score (nSPS) is 18.7. The first-order chi connectivity index (χ1) is 14.4. The molecule has 0 spiro atoms. The average Bonchev–Trinajstić information content (AvgIpc) is 2.76. The van der Waals surface area contributed by atoms with E-state index in [1.807, 2.05) is 0 Å². The zero-order chi connectivity index (χ0) is 21.3. The molecule has 2 fully saturated rings. The van der Waals surface area contributed by atoms with Gasteiger partial charge in [0, 0.05) is 50.5 Å². The highest BCUT2D eigenvalue weighted by atomic mass is 32.2. The number of rotatable bonds is 4. The number of carbonyl (C=O) groups excluding carboxylic acids is 1. The van der Waals surface area contributed by atoms with Crippen molar-refractivity contribution in [3.05, 3.63) is 53.6 Å². The van der Waals surface area contributed by atoms with E-state index >= 15 is 0 Å². The second-order valence-corrected chi connectivity index (χ2v) is 10.0. The number of carbonyl (C=O) groups is 1. The lowest BCUT2D eigenvalue weighted by Gasteiger charge is -2.36. The van der Waals surface area contributed by atoms with E-state index in [1.54, 1.807) is 33.5 Å². The van der Waals surface area contributed by atoms with Gasteiger partial charge in [-0.15, -0.1) is 0 Å². The van der Waals surface area contributed by atoms with Gasteiger partial charge in [0.15, 0.2) is 0 Å². The lowest BCUT2D eigenvalue weighted by Crippen LogP contribution is -2.48. The van der Waals surface area contributed by atoms with Crippen LogP contribution in [0.2, 0.25) is 0 Å². The summed E-state index contributed by atoms with van der Waals surface area (Å²) in [6.07, 6.45) is 2.47. The number of piperidine rings is 1. The summed E-state index contributed by atoms with van der Waals surface area (Å²) in [5.74, 6) is 0.111. The summed E-state index contributed by atoms with van der Waals surface area (Å²) in [4.78, 5) is 16.4. The molecule has 0 saturated carbocycles. The fourth-order valence-electron chi connectivity index (χ4n) is 4.27. The van der Waals surface area contributed by atoms with Crippen molar-refractivity contribution in [3.8, 4) is 0 Å². The third-order valence-corrected chi connectivity index (χ3v) is 8.18. The van der Waals surface area contributed by atoms with Gasteiger partial charge in [0.2, 0.25) is 15.9 Å². The van der Waals surface area contributed by atoms with E-state index in [-0.39, 0.29) is 10.8 Å². The molecule has 0 atom stereocenters. The van der Waals surface area contributed by atoms with E-state index in [1.165, 1.54) is 16.8 Å². The molecule has 0 bridgehead atoms. The Morgan fingerprint density at radius 1 is 0.833 bits per heavy atom. The van der Waals surface area contributed by atoms with Crippen molar-refractivity contribution in [1.82, 2.24) is 4.31 Å². The Balaban J connectivity index is 1.45. The monoisotopic (exact) mass is 427 g/mol. The number of benzene rings is 2. The zero-order valence-corrected chi connectivity index (χ0v) is 18.5. The maximum absolute atomic E-state index is 13.1. The van der Waals surface area contributed by atoms with Crippen LogP contribution in [0.3, 0.4) is 0 Å². The van der Waals surface area contributed by atoms with Gasteiger partial charge in [-0.05, 0) is 68.1 Å². The van der Waals surface area contributed by atoms with Crippen LogP contribution in [0.15, 0.2) is 47.4 Å². The minimum atomic E-state index is -3.54. The molecular formula is C23H29N3O3S. The highest BCUT2D eigenvalue weighted by Gasteiger charge is 2.29. The number of anilines is 2. The van der Waals surface area contributed by atoms with E-state index in [9.17, 15) is 13.2 Å². The average molecular weight is 428 g/mol. The number of amides is 1. The van der Waals surface area contributed by atoms with Gasteiger partial charge in [0.25, 0.3) is 0 Å². The van der Waals surface area contributed by atoms with Crippen molar-refractivity contribution in [2.24, 2.45) is 0 Å². The summed E-state index contributed by atoms with van der Waals surface area (Å²) in [6, 6.07) is 13.0. The quantitative estimate of drug-likeness (QED) is 0.751. The van der Waals surface area contributed by atoms with Crippen LogP contribution in [0.25, 0.3) is 0 Å². The number of hydrogen-bond donors (Lipinski definition) is 0. The van der Waals surface area contributed by atoms with Crippen LogP contribution in [-0.2, 0) is 14.8 Å². The van der Waals surface area contributed by atoms with Crippen LogP contribution in [-0.4, -0.2) is 51.4 Å². The van der Waals surface area contributed by atoms with Crippen LogP contribution in [0.5, 0.6) is 0 Å². The Hall–Kier alpha value is -2.38. The molecule has 1 amide bonds. The van der Waals surface area contributed by atoms with Crippen molar-refractivity contribution in [1.29, 1.82) is 0 Å². The second kappa shape index (κ2) is 8.40. The molecule has 0 N–H and O–H groups in total. The molecule has 2 aromatic rings. The number of aryl methyl sites for hydroxylation is 1. The largest absolute Gasteiger partial charge is 0.369 e. The number of nitrogens with zero attached hydrogens (tertiary/aromatic N) is 3. The van der Waals surface area contributed by atoms with E-state index in [2.05, 4.69) is 36.9 Å². The molecule has 2 saturated heterocycles. The molecule has 0 unspecified atom stereocenters. The Kier molecular flexibility index (Phi) is 5.84. The summed E-state index contributed by atoms with van der Waals surface area (Å²) < 4.78 is 27.8. The Labute approximate surface area is 179 Å². The van der Waals surface area contributed by atoms with Crippen molar-refractivity contribution >= 4 is 27.3 Å². The Morgan fingerprint density at radius 2 is 1.53 bits per heavy atom. The lowest BCUT2D eigenvalue weighted by atomic mass is 10.1. The topological polar surface area (TPSA) is 60.9 Å². The molecule has 4 rings (SSSR count). The van der Waals surface area contributed by atoms with Crippen molar-refractivity contribution in [2.75, 3.05) is 42.5 Å². The molecule has 2 heterocycles. The molecule has 30 heavy (non-hydrogen) atoms. The Morgan fingerprint density at radius 3 is 2.20 bits per heavy atom. The van der Waals surface area contributed by atoms with Gasteiger partial charge in [0.1, 0.15) is 0 Å². The third-order valence-electron chi connectivity index (χ3n) is 6.26. The highest BCUT2D eigenvalue weighted by Crippen LogP contribution is 2.27. The summed E-state index contributed by atoms with van der Waals surface area (Å²) >= 11 is 0. The molecular weight excluding hydrogens is 398 g/mol. The van der Waals surface area contributed by atoms with Crippen LogP contribution in [0.4, 0.5) is 11.4 Å². The van der Waals surface area contributed by atoms with Gasteiger partial charge in [0.05, 0.1) is 4.90 Å². The molecule has 0 aromatic heterocycles. The summed E-state index contributed by atoms with van der Waals surface area (Å²) in [6.45, 7) is 7.17. The van der Waals surface area contributed by atoms with E-state index in [0.29, 0.717) is 39.1 Å². The minimum Gasteiger partial charge on any atom is -0.369 e. The molecule has 2 aliphatic heterocycles. The maximum Gasteiger partial charge on any atom is 0.243 e. The van der Waals surface area contributed by atoms with Gasteiger partial charge in [-0.2, -0.15) is 4.31 Å². The van der Waals surface area contributed by atoms with E-state index in [4.69, 9.17) is 0 Å². The van der Waals surface area contributed by atoms with Crippen molar-refractivity contribution in [2.45, 2.75) is 38.0 Å². The summed E-state index contributed by atoms with van der Waals surface area (Å²) in [5, 5.41) is 0. The van der Waals surface area contributed by atoms with Gasteiger partial charge in [-0.25, -0.2) is 8.42 Å². The molecule has 0 aliphatic carbocycles. The lowest BCUT2D eigenvalue weighted by molar-refractivity contribution is -0.119. The van der Waals surface area contributed by atoms with Crippen LogP contribution >= 0.6 is 0 Å². The minimum absolute atomic E-state index is 0.111. The summed E-state index contributed by atoms with van der Waals surface area (Å²) in [5.41, 5.74) is 4.45. The molecule has 0 radical (unpaired) electrons. The first-order valence-corrected chi connectivity index (χ1v) is 12.0. The highest BCUT2D eigenvalue weighted by molar-refractivity contribution is 7.89. The second-order valence-electron chi connectivity index (χ2n) is 8.11. The van der Waals surface area contributed by atoms with Crippen molar-refractivity contribution in [3.63, 3.8) is 0 Å². The predicted molar refractivity (Wildman–Crippen MR) is 120 cm³/mol. The third kappa shape index (κ3) is 3.96. The standard InChI is InChI=1S/C23H29N3O3S/c1-18-6-5-7-22(19(18)2)24-14-16-25(17-15-24)30(28,29)21-11-9-20(10-12-21)26-13-4-3-8-23(26)27/h5-7,9-12H,3-4,8,13-17H2,1-2H3. The number of hydrogen-bond acceptors (Lipinski definition) is 4. The number of sulfonamides is 1. The molecule has 160 valence electrons. The fourth-order valence-corrected chi connectivity index (χ4v) is 5.70. The van der Waals surface area contributed by atoms with E-state index < -0.39 is 10.0 Å². The molecule has 2 aliphatic rings. The van der Waals surface area contributed by atoms with Crippen LogP contribution < -0.4 is 9.80 Å². The first kappa shape index (κ1) is 20.9. The maximum atomic E-state index is 13.1. The zero-order valence-electron chi connectivity index (χ0n) is 17.7. The van der Waals surface area contributed by atoms with Crippen LogP contribution in [0, 0.1) is 13.8 Å². The van der Waals surface area contributed by atoms with Crippen LogP contribution in [0.1, 0.15) is 30.4 Å². The Bertz CT molecular complexity index is 1030. The SMILES string of the molecule is Cc1cccc(N2CCN(S(=O)(=O)c3ccc(N4CCCCC4=O)cc3)CC2)c1C. The molecule has 7 heteroatoms. The smallest absolute Gasteiger partial charge is 0.243 e.